The van der Waals surface area contributed by atoms with Crippen molar-refractivity contribution in [2.24, 2.45) is 34.5 Å². The van der Waals surface area contributed by atoms with Gasteiger partial charge in [0.25, 0.3) is 0 Å². The molecule has 10 heteroatoms. The zero-order chi connectivity index (χ0) is 26.7. The first-order valence-corrected chi connectivity index (χ1v) is 12.2. The molecule has 0 radical (unpaired) electrons. The Hall–Kier alpha value is -3.04. The van der Waals surface area contributed by atoms with Gasteiger partial charge in [-0.2, -0.15) is 0 Å². The number of ether oxygens (including phenoxy) is 4. The fourth-order valence-corrected chi connectivity index (χ4v) is 7.17. The number of carbonyl (C=O) groups is 6. The summed E-state index contributed by atoms with van der Waals surface area (Å²) in [6.07, 6.45) is 7.79. The average molecular weight is 507 g/mol. The molecular weight excluding hydrogens is 472 g/mol. The molecule has 10 nitrogen and oxygen atoms in total. The lowest BCUT2D eigenvalue weighted by atomic mass is 9.53. The number of hydrogen-bond acceptors (Lipinski definition) is 10. The van der Waals surface area contributed by atoms with E-state index >= 15 is 0 Å². The quantitative estimate of drug-likeness (QED) is 0.241. The van der Waals surface area contributed by atoms with Crippen molar-refractivity contribution in [2.45, 2.75) is 51.4 Å². The van der Waals surface area contributed by atoms with Gasteiger partial charge in [0.1, 0.15) is 23.7 Å². The summed E-state index contributed by atoms with van der Waals surface area (Å²) in [6.45, 7) is 0. The van der Waals surface area contributed by atoms with E-state index in [0.29, 0.717) is 25.7 Å². The summed E-state index contributed by atoms with van der Waals surface area (Å²) in [5.41, 5.74) is -3.44. The first-order chi connectivity index (χ1) is 17.2. The Morgan fingerprint density at radius 2 is 0.861 bits per heavy atom. The number of methoxy groups -OCH3 is 4. The molecule has 3 rings (SSSR count). The summed E-state index contributed by atoms with van der Waals surface area (Å²) in [7, 11) is 4.39. The fraction of sp³-hybridized carbons (Fsp3) is 0.692. The highest BCUT2D eigenvalue weighted by molar-refractivity contribution is 6.20. The van der Waals surface area contributed by atoms with Crippen molar-refractivity contribution < 1.29 is 47.7 Å². The smallest absolute Gasteiger partial charge is 0.316 e. The molecule has 0 saturated heterocycles. The van der Waals surface area contributed by atoms with Gasteiger partial charge in [-0.1, -0.05) is 25.0 Å². The van der Waals surface area contributed by atoms with Gasteiger partial charge in [0.2, 0.25) is 0 Å². The molecule has 3 aliphatic rings. The first kappa shape index (κ1) is 27.5. The predicted octanol–water partition coefficient (Wildman–Crippen LogP) is 1.97. The monoisotopic (exact) mass is 506 g/mol. The number of esters is 4. The van der Waals surface area contributed by atoms with E-state index in [1.165, 1.54) is 0 Å². The van der Waals surface area contributed by atoms with E-state index in [9.17, 15) is 28.8 Å². The lowest BCUT2D eigenvalue weighted by molar-refractivity contribution is -0.170. The third kappa shape index (κ3) is 3.85. The largest absolute Gasteiger partial charge is 0.468 e. The van der Waals surface area contributed by atoms with Crippen molar-refractivity contribution in [3.8, 4) is 0 Å². The van der Waals surface area contributed by atoms with Crippen LogP contribution in [0.5, 0.6) is 0 Å². The third-order valence-electron chi connectivity index (χ3n) is 8.40. The number of rotatable bonds is 4. The van der Waals surface area contributed by atoms with Gasteiger partial charge in [0, 0.05) is 10.8 Å². The molecule has 2 fully saturated rings. The molecule has 0 aromatic heterocycles. The molecule has 0 amide bonds. The normalized spacial score (nSPS) is 35.3. The second kappa shape index (κ2) is 10.9. The number of hydrogen-bond donors (Lipinski definition) is 0. The molecule has 3 aliphatic carbocycles. The number of Topliss-reactive ketones (excluding diaryl/α,β-unsaturated/α-hetero) is 2. The molecule has 0 aromatic carbocycles. The maximum absolute atomic E-state index is 14.0. The van der Waals surface area contributed by atoms with Crippen LogP contribution in [0.1, 0.15) is 51.4 Å². The maximum Gasteiger partial charge on any atom is 0.316 e. The van der Waals surface area contributed by atoms with Crippen LogP contribution in [0.4, 0.5) is 0 Å². The fourth-order valence-electron chi connectivity index (χ4n) is 7.17. The Morgan fingerprint density at radius 3 is 1.11 bits per heavy atom. The summed E-state index contributed by atoms with van der Waals surface area (Å²) >= 11 is 0. The van der Waals surface area contributed by atoms with Crippen molar-refractivity contribution in [3.63, 3.8) is 0 Å². The summed E-state index contributed by atoms with van der Waals surface area (Å²) in [5.74, 6) is -12.0. The molecule has 0 heterocycles. The summed E-state index contributed by atoms with van der Waals surface area (Å²) in [5, 5.41) is 0. The lowest BCUT2D eigenvalue weighted by Gasteiger charge is -2.47. The first-order valence-electron chi connectivity index (χ1n) is 12.2. The second-order valence-corrected chi connectivity index (χ2v) is 9.67. The molecule has 36 heavy (non-hydrogen) atoms. The topological polar surface area (TPSA) is 139 Å². The highest BCUT2D eigenvalue weighted by Crippen LogP contribution is 2.74. The van der Waals surface area contributed by atoms with Crippen LogP contribution in [-0.4, -0.2) is 63.9 Å². The summed E-state index contributed by atoms with van der Waals surface area (Å²) in [4.78, 5) is 81.1. The van der Waals surface area contributed by atoms with Crippen LogP contribution in [0.15, 0.2) is 12.2 Å². The van der Waals surface area contributed by atoms with Crippen LogP contribution in [0, 0.1) is 34.5 Å². The van der Waals surface area contributed by atoms with Gasteiger partial charge in [0.15, 0.2) is 11.6 Å². The number of ketones is 2. The molecule has 4 atom stereocenters. The van der Waals surface area contributed by atoms with Crippen molar-refractivity contribution in [2.75, 3.05) is 28.4 Å². The minimum absolute atomic E-state index is 0.0544. The zero-order valence-electron chi connectivity index (χ0n) is 21.2. The van der Waals surface area contributed by atoms with Gasteiger partial charge in [0.05, 0.1) is 28.4 Å². The van der Waals surface area contributed by atoms with Gasteiger partial charge >= 0.3 is 23.9 Å². The van der Waals surface area contributed by atoms with Gasteiger partial charge in [-0.3, -0.25) is 28.8 Å². The minimum Gasteiger partial charge on any atom is -0.468 e. The molecule has 2 saturated carbocycles. The Morgan fingerprint density at radius 1 is 0.583 bits per heavy atom. The third-order valence-corrected chi connectivity index (χ3v) is 8.40. The molecule has 198 valence electrons. The van der Waals surface area contributed by atoms with Crippen LogP contribution in [0.25, 0.3) is 0 Å². The highest BCUT2D eigenvalue weighted by Gasteiger charge is 2.85. The van der Waals surface area contributed by atoms with E-state index in [2.05, 4.69) is 12.2 Å². The predicted molar refractivity (Wildman–Crippen MR) is 123 cm³/mol. The Balaban J connectivity index is 2.46. The van der Waals surface area contributed by atoms with Crippen LogP contribution in [0.2, 0.25) is 0 Å². The van der Waals surface area contributed by atoms with Crippen molar-refractivity contribution in [3.05, 3.63) is 12.2 Å². The van der Waals surface area contributed by atoms with Gasteiger partial charge < -0.3 is 18.9 Å². The van der Waals surface area contributed by atoms with Crippen LogP contribution >= 0.6 is 0 Å². The molecule has 0 aromatic rings. The molecule has 0 spiro atoms. The van der Waals surface area contributed by atoms with E-state index < -0.39 is 69.9 Å². The number of allylic oxidation sites excluding steroid dienone is 2. The molecule has 0 aliphatic heterocycles. The molecule has 0 bridgehead atoms. The Bertz CT molecular complexity index is 836. The van der Waals surface area contributed by atoms with Crippen LogP contribution in [0.3, 0.4) is 0 Å². The van der Waals surface area contributed by atoms with E-state index in [-0.39, 0.29) is 12.8 Å². The Labute approximate surface area is 210 Å². The van der Waals surface area contributed by atoms with E-state index in [1.54, 1.807) is 0 Å². The summed E-state index contributed by atoms with van der Waals surface area (Å²) < 4.78 is 20.0. The SMILES string of the molecule is COC(=O)C1C(=O)C(C(=O)OC)C23CCCC/C=C\CCCCC12C(C(=O)OC)C(=O)C3C(=O)OC. The number of carbonyl (C=O) groups excluding carboxylic acids is 6. The van der Waals surface area contributed by atoms with Crippen molar-refractivity contribution >= 4 is 35.4 Å². The lowest BCUT2D eigenvalue weighted by Crippen LogP contribution is -2.52. The molecule has 0 N–H and O–H groups in total. The van der Waals surface area contributed by atoms with Crippen LogP contribution < -0.4 is 0 Å². The van der Waals surface area contributed by atoms with Gasteiger partial charge in [-0.25, -0.2) is 0 Å². The molecule has 4 unspecified atom stereocenters. The van der Waals surface area contributed by atoms with Gasteiger partial charge in [-0.15, -0.1) is 0 Å². The molecular formula is C26H34O10. The minimum atomic E-state index is -1.72. The van der Waals surface area contributed by atoms with E-state index in [4.69, 9.17) is 18.9 Å². The zero-order valence-corrected chi connectivity index (χ0v) is 21.2. The highest BCUT2D eigenvalue weighted by atomic mass is 16.5. The van der Waals surface area contributed by atoms with E-state index in [0.717, 1.165) is 41.3 Å². The average Bonchev–Trinajstić information content (AvgIpc) is 3.20. The van der Waals surface area contributed by atoms with Crippen LogP contribution in [-0.2, 0) is 47.7 Å². The Kier molecular flexibility index (Phi) is 8.36. The van der Waals surface area contributed by atoms with Crippen molar-refractivity contribution in [1.29, 1.82) is 0 Å². The second-order valence-electron chi connectivity index (χ2n) is 9.67. The maximum atomic E-state index is 14.0. The summed E-state index contributed by atoms with van der Waals surface area (Å²) in [6, 6.07) is 0. The van der Waals surface area contributed by atoms with Gasteiger partial charge in [-0.05, 0) is 38.5 Å². The standard InChI is InChI=1S/C26H34O10/c1-33-21(29)15-19(27)16(22(30)34-2)26-14-12-10-8-6-5-7-9-11-13-25(15,26)17(23(31)35-3)20(28)18(26)24(32)36-4/h5-6,15-18H,7-14H2,1-4H3/b6-5-. The van der Waals surface area contributed by atoms with E-state index in [1.807, 2.05) is 0 Å². The van der Waals surface area contributed by atoms with Crippen molar-refractivity contribution in [1.82, 2.24) is 0 Å².